The predicted molar refractivity (Wildman–Crippen MR) is 140 cm³/mol. The fourth-order valence-electron chi connectivity index (χ4n) is 2.76. The number of rotatable bonds is 10. The smallest absolute Gasteiger partial charge is 0.242 e. The minimum Gasteiger partial charge on any atom is -0.491 e. The molecule has 0 radical (unpaired) electrons. The molecule has 0 spiro atoms. The molecule has 0 aliphatic heterocycles. The summed E-state index contributed by atoms with van der Waals surface area (Å²) in [5, 5.41) is 12.3. The summed E-state index contributed by atoms with van der Waals surface area (Å²) in [5.41, 5.74) is 0.513. The zero-order valence-electron chi connectivity index (χ0n) is 19.8. The number of hydrogen-bond donors (Lipinski definition) is 4. The Kier molecular flexibility index (Phi) is 11.8. The van der Waals surface area contributed by atoms with Gasteiger partial charge in [-0.25, -0.2) is 4.99 Å². The van der Waals surface area contributed by atoms with Gasteiger partial charge in [0.15, 0.2) is 5.96 Å². The molecule has 32 heavy (non-hydrogen) atoms. The van der Waals surface area contributed by atoms with E-state index in [1.54, 1.807) is 0 Å². The highest BCUT2D eigenvalue weighted by molar-refractivity contribution is 14.0. The number of nitrogens with one attached hydrogen (secondary N) is 4. The minimum absolute atomic E-state index is 0. The van der Waals surface area contributed by atoms with Crippen molar-refractivity contribution in [3.8, 4) is 5.75 Å². The van der Waals surface area contributed by atoms with Crippen LogP contribution in [0.1, 0.15) is 60.3 Å². The third-order valence-corrected chi connectivity index (χ3v) is 4.20. The average molecular weight is 559 g/mol. The van der Waals surface area contributed by atoms with E-state index in [4.69, 9.17) is 4.74 Å². The quantitative estimate of drug-likeness (QED) is 0.152. The first kappa shape index (κ1) is 28.0. The highest BCUT2D eigenvalue weighted by atomic mass is 127. The van der Waals surface area contributed by atoms with E-state index in [0.29, 0.717) is 31.4 Å². The van der Waals surface area contributed by atoms with Crippen molar-refractivity contribution < 1.29 is 14.3 Å². The van der Waals surface area contributed by atoms with Crippen LogP contribution in [-0.4, -0.2) is 48.5 Å². The Morgan fingerprint density at radius 2 is 1.78 bits per heavy atom. The fraction of sp³-hybridized carbons (Fsp3) is 0.609. The van der Waals surface area contributed by atoms with Crippen LogP contribution in [0.3, 0.4) is 0 Å². The molecule has 1 fully saturated rings. The first-order valence-corrected chi connectivity index (χ1v) is 11.0. The first-order valence-electron chi connectivity index (χ1n) is 11.0. The van der Waals surface area contributed by atoms with E-state index >= 15 is 0 Å². The number of nitrogens with zero attached hydrogens (tertiary/aromatic N) is 1. The highest BCUT2D eigenvalue weighted by Crippen LogP contribution is 2.19. The Balaban J connectivity index is 0.00000512. The summed E-state index contributed by atoms with van der Waals surface area (Å²) in [4.78, 5) is 28.4. The molecule has 1 aromatic carbocycles. The number of hydrogen-bond acceptors (Lipinski definition) is 4. The van der Waals surface area contributed by atoms with Crippen LogP contribution in [0.2, 0.25) is 0 Å². The number of carbonyl (C=O) groups excluding carboxylic acids is 2. The maximum Gasteiger partial charge on any atom is 0.242 e. The standard InChI is InChI=1S/C23H37N5O3.HI/c1-16(2)31-19-12-10-18(11-13-19)27-22(25-15-21(30)28-23(3,4)5)24-14-6-7-20(29)26-17-8-9-17;/h10-13,16-17H,6-9,14-15H2,1-5H3,(H,26,29)(H,28,30)(H2,24,25,27);1H. The predicted octanol–water partition coefficient (Wildman–Crippen LogP) is 3.42. The Morgan fingerprint density at radius 1 is 1.12 bits per heavy atom. The molecular weight excluding hydrogens is 521 g/mol. The van der Waals surface area contributed by atoms with Gasteiger partial charge in [-0.2, -0.15) is 0 Å². The molecule has 0 unspecified atom stereocenters. The molecule has 0 atom stereocenters. The summed E-state index contributed by atoms with van der Waals surface area (Å²) >= 11 is 0. The van der Waals surface area contributed by atoms with E-state index in [0.717, 1.165) is 24.3 Å². The van der Waals surface area contributed by atoms with E-state index in [9.17, 15) is 9.59 Å². The van der Waals surface area contributed by atoms with Crippen LogP contribution in [0.4, 0.5) is 5.69 Å². The van der Waals surface area contributed by atoms with E-state index in [1.165, 1.54) is 0 Å². The summed E-state index contributed by atoms with van der Waals surface area (Å²) in [6, 6.07) is 7.94. The molecule has 1 aromatic rings. The van der Waals surface area contributed by atoms with Gasteiger partial charge >= 0.3 is 0 Å². The van der Waals surface area contributed by atoms with Crippen molar-refractivity contribution in [3.05, 3.63) is 24.3 Å². The molecule has 0 bridgehead atoms. The molecular formula is C23H38IN5O3. The fourth-order valence-corrected chi connectivity index (χ4v) is 2.76. The van der Waals surface area contributed by atoms with Crippen LogP contribution in [0.25, 0.3) is 0 Å². The molecule has 1 aliphatic rings. The summed E-state index contributed by atoms with van der Waals surface area (Å²) in [6.07, 6.45) is 3.41. The van der Waals surface area contributed by atoms with Crippen LogP contribution in [-0.2, 0) is 9.59 Å². The molecule has 4 N–H and O–H groups in total. The largest absolute Gasteiger partial charge is 0.491 e. The van der Waals surface area contributed by atoms with Crippen molar-refractivity contribution in [1.29, 1.82) is 0 Å². The molecule has 2 amide bonds. The summed E-state index contributed by atoms with van der Waals surface area (Å²) < 4.78 is 5.67. The van der Waals surface area contributed by atoms with E-state index in [-0.39, 0.29) is 54.0 Å². The van der Waals surface area contributed by atoms with Crippen molar-refractivity contribution in [2.45, 2.75) is 78.0 Å². The Morgan fingerprint density at radius 3 is 2.34 bits per heavy atom. The second-order valence-corrected chi connectivity index (χ2v) is 9.15. The van der Waals surface area contributed by atoms with Crippen LogP contribution in [0, 0.1) is 0 Å². The number of benzene rings is 1. The van der Waals surface area contributed by atoms with Crippen molar-refractivity contribution in [1.82, 2.24) is 16.0 Å². The lowest BCUT2D eigenvalue weighted by Crippen LogP contribution is -2.42. The van der Waals surface area contributed by atoms with E-state index < -0.39 is 0 Å². The second kappa shape index (κ2) is 13.5. The van der Waals surface area contributed by atoms with Gasteiger partial charge in [0.05, 0.1) is 6.10 Å². The third-order valence-electron chi connectivity index (χ3n) is 4.20. The van der Waals surface area contributed by atoms with Crippen molar-refractivity contribution >= 4 is 47.4 Å². The number of aliphatic imine (C=N–C) groups is 1. The van der Waals surface area contributed by atoms with Crippen LogP contribution in [0.15, 0.2) is 29.3 Å². The zero-order valence-corrected chi connectivity index (χ0v) is 22.1. The van der Waals surface area contributed by atoms with Gasteiger partial charge < -0.3 is 26.0 Å². The van der Waals surface area contributed by atoms with Gasteiger partial charge in [0.1, 0.15) is 12.3 Å². The molecule has 0 heterocycles. The molecule has 1 aliphatic carbocycles. The number of halogens is 1. The molecule has 1 saturated carbocycles. The van der Waals surface area contributed by atoms with Gasteiger partial charge in [0, 0.05) is 30.2 Å². The lowest BCUT2D eigenvalue weighted by molar-refractivity contribution is -0.122. The molecule has 2 rings (SSSR count). The summed E-state index contributed by atoms with van der Waals surface area (Å²) in [5.74, 6) is 1.21. The Labute approximate surface area is 208 Å². The van der Waals surface area contributed by atoms with Gasteiger partial charge in [-0.05, 0) is 78.1 Å². The zero-order chi connectivity index (χ0) is 22.9. The number of ether oxygens (including phenoxy) is 1. The number of carbonyl (C=O) groups is 2. The maximum atomic E-state index is 12.1. The Hall–Kier alpha value is -2.04. The highest BCUT2D eigenvalue weighted by Gasteiger charge is 2.22. The van der Waals surface area contributed by atoms with Gasteiger partial charge in [0.2, 0.25) is 11.8 Å². The number of anilines is 1. The van der Waals surface area contributed by atoms with Crippen molar-refractivity contribution in [2.75, 3.05) is 18.4 Å². The maximum absolute atomic E-state index is 12.1. The van der Waals surface area contributed by atoms with Gasteiger partial charge in [-0.3, -0.25) is 9.59 Å². The second-order valence-electron chi connectivity index (χ2n) is 9.15. The van der Waals surface area contributed by atoms with Crippen molar-refractivity contribution in [3.63, 3.8) is 0 Å². The van der Waals surface area contributed by atoms with Crippen LogP contribution < -0.4 is 26.0 Å². The minimum atomic E-state index is -0.311. The monoisotopic (exact) mass is 559 g/mol. The van der Waals surface area contributed by atoms with Gasteiger partial charge in [-0.1, -0.05) is 0 Å². The topological polar surface area (TPSA) is 104 Å². The van der Waals surface area contributed by atoms with E-state index in [1.807, 2.05) is 58.9 Å². The summed E-state index contributed by atoms with van der Waals surface area (Å²) in [7, 11) is 0. The van der Waals surface area contributed by atoms with E-state index in [2.05, 4.69) is 26.3 Å². The number of amides is 2. The van der Waals surface area contributed by atoms with Crippen molar-refractivity contribution in [2.24, 2.45) is 4.99 Å². The van der Waals surface area contributed by atoms with Gasteiger partial charge in [0.25, 0.3) is 0 Å². The lowest BCUT2D eigenvalue weighted by atomic mass is 10.1. The third kappa shape index (κ3) is 12.7. The molecule has 0 aromatic heterocycles. The SMILES string of the molecule is CC(C)Oc1ccc(NC(=NCC(=O)NC(C)(C)C)NCCCC(=O)NC2CC2)cc1.I. The molecule has 180 valence electrons. The average Bonchev–Trinajstić information content (AvgIpc) is 3.46. The normalized spacial score (nSPS) is 13.8. The first-order chi connectivity index (χ1) is 14.6. The Bertz CT molecular complexity index is 756. The van der Waals surface area contributed by atoms with Crippen LogP contribution >= 0.6 is 24.0 Å². The molecule has 0 saturated heterocycles. The van der Waals surface area contributed by atoms with Gasteiger partial charge in [-0.15, -0.1) is 24.0 Å². The summed E-state index contributed by atoms with van der Waals surface area (Å²) in [6.45, 7) is 10.3. The number of guanidine groups is 1. The molecule has 9 heteroatoms. The molecule has 8 nitrogen and oxygen atoms in total. The van der Waals surface area contributed by atoms with Crippen LogP contribution in [0.5, 0.6) is 5.75 Å². The lowest BCUT2D eigenvalue weighted by Gasteiger charge is -2.20.